The molecule has 0 bridgehead atoms. The molecule has 0 saturated heterocycles. The zero-order chi connectivity index (χ0) is 23.8. The van der Waals surface area contributed by atoms with E-state index in [4.69, 9.17) is 10.2 Å². The van der Waals surface area contributed by atoms with Gasteiger partial charge in [0.1, 0.15) is 5.69 Å². The summed E-state index contributed by atoms with van der Waals surface area (Å²) in [4.78, 5) is 9.36. The van der Waals surface area contributed by atoms with Gasteiger partial charge in [-0.1, -0.05) is 24.3 Å². The quantitative estimate of drug-likeness (QED) is 0.447. The highest BCUT2D eigenvalue weighted by Gasteiger charge is 2.20. The molecule has 0 aliphatic rings. The van der Waals surface area contributed by atoms with E-state index >= 15 is 0 Å². The Morgan fingerprint density at radius 3 is 2.30 bits per heavy atom. The predicted octanol–water partition coefficient (Wildman–Crippen LogP) is 4.37. The molecule has 0 spiro atoms. The van der Waals surface area contributed by atoms with Crippen LogP contribution in [0.15, 0.2) is 64.0 Å². The first-order valence-electron chi connectivity index (χ1n) is 10.5. The molecule has 4 aromatic rings. The highest BCUT2D eigenvalue weighted by molar-refractivity contribution is 7.92. The minimum atomic E-state index is -3.34. The van der Waals surface area contributed by atoms with Crippen molar-refractivity contribution in [3.05, 3.63) is 66.0 Å². The van der Waals surface area contributed by atoms with Gasteiger partial charge in [0.05, 0.1) is 27.7 Å². The summed E-state index contributed by atoms with van der Waals surface area (Å²) in [6.45, 7) is 7.04. The Kier molecular flexibility index (Phi) is 6.09. The highest BCUT2D eigenvalue weighted by Crippen LogP contribution is 2.28. The maximum Gasteiger partial charge on any atom is 0.268 e. The van der Waals surface area contributed by atoms with Gasteiger partial charge in [-0.2, -0.15) is 0 Å². The van der Waals surface area contributed by atoms with Crippen LogP contribution in [0.2, 0.25) is 0 Å². The number of rotatable bonds is 6. The van der Waals surface area contributed by atoms with Crippen LogP contribution in [0.25, 0.3) is 34.3 Å². The van der Waals surface area contributed by atoms with Crippen LogP contribution in [0.4, 0.5) is 0 Å². The monoisotopic (exact) mass is 463 g/mol. The molecule has 33 heavy (non-hydrogen) atoms. The first-order chi connectivity index (χ1) is 15.7. The number of sulfone groups is 1. The molecule has 2 heterocycles. The largest absolute Gasteiger partial charge is 0.415 e. The van der Waals surface area contributed by atoms with Crippen LogP contribution < -0.4 is 5.73 Å². The summed E-state index contributed by atoms with van der Waals surface area (Å²) in [6.07, 6.45) is 1.63. The molecule has 2 aromatic carbocycles. The third-order valence-corrected chi connectivity index (χ3v) is 7.51. The lowest BCUT2D eigenvalue weighted by Crippen LogP contribution is -2.13. The van der Waals surface area contributed by atoms with Gasteiger partial charge in [-0.25, -0.2) is 13.4 Å². The molecule has 0 amide bonds. The van der Waals surface area contributed by atoms with E-state index < -0.39 is 15.1 Å². The van der Waals surface area contributed by atoms with E-state index in [0.717, 1.165) is 16.7 Å². The third kappa shape index (κ3) is 4.55. The van der Waals surface area contributed by atoms with Crippen LogP contribution in [0.5, 0.6) is 0 Å². The molecular formula is C24H25N5O3S. The van der Waals surface area contributed by atoms with Crippen LogP contribution in [0, 0.1) is 6.92 Å². The molecular weight excluding hydrogens is 438 g/mol. The van der Waals surface area contributed by atoms with E-state index in [1.807, 2.05) is 38.1 Å². The van der Waals surface area contributed by atoms with Gasteiger partial charge in [-0.3, -0.25) is 4.98 Å². The van der Waals surface area contributed by atoms with Gasteiger partial charge in [-0.15, -0.1) is 10.2 Å². The van der Waals surface area contributed by atoms with Crippen molar-refractivity contribution in [2.45, 2.75) is 43.9 Å². The van der Waals surface area contributed by atoms with Crippen LogP contribution in [0.3, 0.4) is 0 Å². The molecule has 1 unspecified atom stereocenters. The second kappa shape index (κ2) is 8.84. The molecule has 4 rings (SSSR count). The van der Waals surface area contributed by atoms with E-state index in [1.165, 1.54) is 0 Å². The molecule has 8 nitrogen and oxygen atoms in total. The van der Waals surface area contributed by atoms with Gasteiger partial charge in [0.25, 0.3) is 5.89 Å². The molecule has 0 fully saturated rings. The van der Waals surface area contributed by atoms with Gasteiger partial charge >= 0.3 is 0 Å². The summed E-state index contributed by atoms with van der Waals surface area (Å²) in [5, 5.41) is 7.85. The molecule has 0 radical (unpaired) electrons. The van der Waals surface area contributed by atoms with Crippen LogP contribution in [-0.2, 0) is 9.84 Å². The van der Waals surface area contributed by atoms with Gasteiger partial charge in [0.15, 0.2) is 9.84 Å². The molecule has 170 valence electrons. The first kappa shape index (κ1) is 22.8. The van der Waals surface area contributed by atoms with E-state index in [2.05, 4.69) is 20.2 Å². The lowest BCUT2D eigenvalue weighted by molar-refractivity contribution is 0.581. The smallest absolute Gasteiger partial charge is 0.268 e. The Hall–Kier alpha value is -3.43. The second-order valence-corrected chi connectivity index (χ2v) is 10.6. The lowest BCUT2D eigenvalue weighted by Gasteiger charge is -2.09. The van der Waals surface area contributed by atoms with Gasteiger partial charge < -0.3 is 10.2 Å². The fourth-order valence-corrected chi connectivity index (χ4v) is 4.33. The van der Waals surface area contributed by atoms with Crippen LogP contribution in [0.1, 0.15) is 38.1 Å². The topological polar surface area (TPSA) is 125 Å². The van der Waals surface area contributed by atoms with Crippen molar-refractivity contribution in [1.29, 1.82) is 0 Å². The van der Waals surface area contributed by atoms with Gasteiger partial charge in [0.2, 0.25) is 5.89 Å². The minimum absolute atomic E-state index is 0.112. The number of nitrogens with zero attached hydrogens (tertiary/aromatic N) is 4. The molecule has 0 aliphatic heterocycles. The second-order valence-electron chi connectivity index (χ2n) is 8.13. The number of aromatic nitrogens is 4. The number of benzene rings is 2. The van der Waals surface area contributed by atoms with Crippen molar-refractivity contribution in [1.82, 2.24) is 20.2 Å². The fraction of sp³-hybridized carbons (Fsp3) is 0.250. The number of nitrogens with two attached hydrogens (primary N) is 1. The minimum Gasteiger partial charge on any atom is -0.415 e. The van der Waals surface area contributed by atoms with Crippen molar-refractivity contribution < 1.29 is 12.8 Å². The Morgan fingerprint density at radius 2 is 1.64 bits per heavy atom. The van der Waals surface area contributed by atoms with Crippen molar-refractivity contribution in [2.75, 3.05) is 0 Å². The lowest BCUT2D eigenvalue weighted by atomic mass is 10.1. The zero-order valence-electron chi connectivity index (χ0n) is 18.9. The highest BCUT2D eigenvalue weighted by atomic mass is 32.2. The summed E-state index contributed by atoms with van der Waals surface area (Å²) < 4.78 is 30.7. The molecule has 2 N–H and O–H groups in total. The van der Waals surface area contributed by atoms with Crippen molar-refractivity contribution >= 4 is 9.84 Å². The average molecular weight is 464 g/mol. The average Bonchev–Trinajstić information content (AvgIpc) is 3.29. The Bertz CT molecular complexity index is 1390. The third-order valence-electron chi connectivity index (χ3n) is 5.34. The molecule has 9 heteroatoms. The Balaban J connectivity index is 1.67. The normalized spacial score (nSPS) is 12.8. The SMILES string of the molecule is Cc1ncc(-c2ccc(S(=O)(=O)C(C)C)cc2)nc1-c1nnc(-c2cccc(C(C)N)c2)o1. The van der Waals surface area contributed by atoms with Gasteiger partial charge in [-0.05, 0) is 57.5 Å². The fourth-order valence-electron chi connectivity index (χ4n) is 3.27. The molecule has 0 aliphatic carbocycles. The predicted molar refractivity (Wildman–Crippen MR) is 126 cm³/mol. The van der Waals surface area contributed by atoms with Crippen molar-refractivity contribution in [3.8, 4) is 34.3 Å². The summed E-state index contributed by atoms with van der Waals surface area (Å²) in [6, 6.07) is 14.1. The molecule has 0 saturated carbocycles. The zero-order valence-corrected chi connectivity index (χ0v) is 19.7. The summed E-state index contributed by atoms with van der Waals surface area (Å²) >= 11 is 0. The Morgan fingerprint density at radius 1 is 0.939 bits per heavy atom. The summed E-state index contributed by atoms with van der Waals surface area (Å²) in [5.74, 6) is 0.615. The van der Waals surface area contributed by atoms with Crippen molar-refractivity contribution in [2.24, 2.45) is 5.73 Å². The number of hydrogen-bond acceptors (Lipinski definition) is 8. The maximum absolute atomic E-state index is 12.4. The maximum atomic E-state index is 12.4. The summed E-state index contributed by atoms with van der Waals surface area (Å²) in [5.41, 5.74) is 10.1. The molecule has 2 aromatic heterocycles. The number of hydrogen-bond donors (Lipinski definition) is 1. The molecule has 1 atom stereocenters. The Labute approximate surface area is 192 Å². The van der Waals surface area contributed by atoms with E-state index in [0.29, 0.717) is 23.0 Å². The summed E-state index contributed by atoms with van der Waals surface area (Å²) in [7, 11) is -3.34. The first-order valence-corrected chi connectivity index (χ1v) is 12.1. The van der Waals surface area contributed by atoms with Gasteiger partial charge in [0, 0.05) is 17.2 Å². The van der Waals surface area contributed by atoms with Crippen LogP contribution >= 0.6 is 0 Å². The van der Waals surface area contributed by atoms with Crippen LogP contribution in [-0.4, -0.2) is 33.8 Å². The van der Waals surface area contributed by atoms with E-state index in [-0.39, 0.29) is 16.8 Å². The van der Waals surface area contributed by atoms with Crippen molar-refractivity contribution in [3.63, 3.8) is 0 Å². The van der Waals surface area contributed by atoms with E-state index in [1.54, 1.807) is 44.3 Å². The standard InChI is InChI=1S/C24H25N5O3S/c1-14(2)33(30,31)20-10-8-17(9-11-20)21-13-26-16(4)22(27-21)24-29-28-23(32-24)19-7-5-6-18(12-19)15(3)25/h5-15H,25H2,1-4H3. The number of aryl methyl sites for hydroxylation is 1. The van der Waals surface area contributed by atoms with E-state index in [9.17, 15) is 8.42 Å².